The molecule has 0 radical (unpaired) electrons. The molecule has 0 aromatic heterocycles. The van der Waals surface area contributed by atoms with Crippen LogP contribution in [-0.2, 0) is 19.8 Å². The Morgan fingerprint density at radius 2 is 1.73 bits per heavy atom. The maximum Gasteiger partial charge on any atom is 0.324 e. The lowest BCUT2D eigenvalue weighted by Gasteiger charge is -2.47. The molecular weight excluding hydrogens is 453 g/mol. The maximum atomic E-state index is 12.8. The van der Waals surface area contributed by atoms with E-state index in [1.54, 1.807) is 9.80 Å². The van der Waals surface area contributed by atoms with Crippen molar-refractivity contribution < 1.29 is 18.0 Å². The van der Waals surface area contributed by atoms with Gasteiger partial charge in [-0.15, -0.1) is 0 Å². The molecule has 1 aromatic carbocycles. The Hall–Kier alpha value is -2.01. The first kappa shape index (κ1) is 21.2. The van der Waals surface area contributed by atoms with Gasteiger partial charge in [-0.25, -0.2) is 4.31 Å². The number of fused-ring (bicyclic) bond motifs is 1. The van der Waals surface area contributed by atoms with Gasteiger partial charge in [-0.3, -0.25) is 19.2 Å². The second-order valence-corrected chi connectivity index (χ2v) is 9.82. The number of nitrogens with zero attached hydrogens (tertiary/aromatic N) is 4. The number of rotatable bonds is 4. The monoisotopic (exact) mass is 473 g/mol. The molecule has 1 aromatic rings. The van der Waals surface area contributed by atoms with Crippen molar-refractivity contribution in [2.45, 2.75) is 6.04 Å². The smallest absolute Gasteiger partial charge is 0.324 e. The molecule has 2 fully saturated rings. The number of benzene rings is 1. The number of piperazine rings is 1. The quantitative estimate of drug-likeness (QED) is 0.658. The number of hydrogen-bond donors (Lipinski definition) is 1. The first-order valence-corrected chi connectivity index (χ1v) is 11.6. The van der Waals surface area contributed by atoms with Crippen molar-refractivity contribution >= 4 is 56.6 Å². The third-order valence-electron chi connectivity index (χ3n) is 5.65. The number of likely N-dealkylation sites (tertiary alicyclic amines) is 1. The molecule has 3 heterocycles. The Labute approximate surface area is 185 Å². The van der Waals surface area contributed by atoms with Gasteiger partial charge < -0.3 is 9.80 Å². The fourth-order valence-corrected chi connectivity index (χ4v) is 5.44. The lowest BCUT2D eigenvalue weighted by atomic mass is 10.1. The summed E-state index contributed by atoms with van der Waals surface area (Å²) in [6.45, 7) is 6.86. The van der Waals surface area contributed by atoms with E-state index in [9.17, 15) is 18.0 Å². The van der Waals surface area contributed by atoms with Crippen LogP contribution in [-0.4, -0.2) is 86.8 Å². The van der Waals surface area contributed by atoms with Crippen molar-refractivity contribution in [3.8, 4) is 0 Å². The predicted molar refractivity (Wildman–Crippen MR) is 115 cm³/mol. The average Bonchev–Trinajstić information content (AvgIpc) is 2.90. The fourth-order valence-electron chi connectivity index (χ4n) is 3.87. The molecule has 0 unspecified atom stereocenters. The highest BCUT2D eigenvalue weighted by Crippen LogP contribution is 2.40. The van der Waals surface area contributed by atoms with Crippen LogP contribution in [0.25, 0.3) is 0 Å². The van der Waals surface area contributed by atoms with Gasteiger partial charge in [0.25, 0.3) is 0 Å². The third-order valence-corrected chi connectivity index (χ3v) is 7.75. The van der Waals surface area contributed by atoms with Crippen molar-refractivity contribution in [1.82, 2.24) is 14.7 Å². The number of carbonyl (C=O) groups excluding carboxylic acids is 2. The fraction of sp³-hybridized carbons (Fsp3) is 0.444. The standard InChI is InChI=1S/C18H21Cl2N5O4S/c1-2-17(26)24-9-12(10-24)22-3-5-23(6-4-22)18(27)11-25-16-8-14(20)13(19)7-15(16)21-30(25,28)29/h2,7-8,12,21H,1,3-6,9-11H2. The number of anilines is 2. The van der Waals surface area contributed by atoms with Crippen LogP contribution in [0, 0.1) is 0 Å². The molecule has 2 saturated heterocycles. The van der Waals surface area contributed by atoms with Crippen LogP contribution in [0.2, 0.25) is 10.0 Å². The Kier molecular flexibility index (Phi) is 5.60. The topological polar surface area (TPSA) is 93.3 Å². The van der Waals surface area contributed by atoms with Gasteiger partial charge >= 0.3 is 10.2 Å². The Morgan fingerprint density at radius 1 is 1.10 bits per heavy atom. The van der Waals surface area contributed by atoms with Crippen molar-refractivity contribution in [3.05, 3.63) is 34.8 Å². The summed E-state index contributed by atoms with van der Waals surface area (Å²) in [6, 6.07) is 3.15. The van der Waals surface area contributed by atoms with Crippen LogP contribution in [0.3, 0.4) is 0 Å². The van der Waals surface area contributed by atoms with Crippen molar-refractivity contribution in [1.29, 1.82) is 0 Å². The highest BCUT2D eigenvalue weighted by Gasteiger charge is 2.38. The van der Waals surface area contributed by atoms with Crippen LogP contribution < -0.4 is 9.03 Å². The van der Waals surface area contributed by atoms with E-state index in [0.29, 0.717) is 50.6 Å². The van der Waals surface area contributed by atoms with E-state index >= 15 is 0 Å². The predicted octanol–water partition coefficient (Wildman–Crippen LogP) is 1.01. The second kappa shape index (κ2) is 7.92. The molecule has 3 aliphatic rings. The van der Waals surface area contributed by atoms with Crippen molar-refractivity contribution in [2.24, 2.45) is 0 Å². The lowest BCUT2D eigenvalue weighted by Crippen LogP contribution is -2.64. The van der Waals surface area contributed by atoms with E-state index in [4.69, 9.17) is 23.2 Å². The number of halogens is 2. The summed E-state index contributed by atoms with van der Waals surface area (Å²) < 4.78 is 28.3. The number of carbonyl (C=O) groups is 2. The van der Waals surface area contributed by atoms with E-state index in [2.05, 4.69) is 16.2 Å². The molecule has 12 heteroatoms. The number of nitrogens with one attached hydrogen (secondary N) is 1. The van der Waals surface area contributed by atoms with E-state index < -0.39 is 10.2 Å². The molecule has 0 atom stereocenters. The minimum Gasteiger partial charge on any atom is -0.339 e. The van der Waals surface area contributed by atoms with Crippen LogP contribution in [0.5, 0.6) is 0 Å². The SMILES string of the molecule is C=CC(=O)N1CC(N2CCN(C(=O)CN3c4cc(Cl)c(Cl)cc4NS3(=O)=O)CC2)C1. The van der Waals surface area contributed by atoms with Crippen LogP contribution >= 0.6 is 23.2 Å². The summed E-state index contributed by atoms with van der Waals surface area (Å²) in [5, 5.41) is 0.441. The normalized spacial score (nSPS) is 21.1. The summed E-state index contributed by atoms with van der Waals surface area (Å²) in [4.78, 5) is 30.0. The summed E-state index contributed by atoms with van der Waals surface area (Å²) in [5.41, 5.74) is 0.600. The van der Waals surface area contributed by atoms with Gasteiger partial charge in [0, 0.05) is 45.3 Å². The summed E-state index contributed by atoms with van der Waals surface area (Å²) in [5.74, 6) is -0.349. The van der Waals surface area contributed by atoms with E-state index in [-0.39, 0.29) is 34.4 Å². The first-order chi connectivity index (χ1) is 14.2. The van der Waals surface area contributed by atoms with Crippen molar-refractivity contribution in [2.75, 3.05) is 54.8 Å². The first-order valence-electron chi connectivity index (χ1n) is 9.42. The highest BCUT2D eigenvalue weighted by molar-refractivity contribution is 7.94. The zero-order valence-electron chi connectivity index (χ0n) is 16.1. The van der Waals surface area contributed by atoms with E-state index in [0.717, 1.165) is 4.31 Å². The minimum absolute atomic E-state index is 0.0674. The molecule has 3 aliphatic heterocycles. The zero-order valence-corrected chi connectivity index (χ0v) is 18.4. The highest BCUT2D eigenvalue weighted by atomic mass is 35.5. The van der Waals surface area contributed by atoms with Gasteiger partial charge in [0.1, 0.15) is 6.54 Å². The number of amides is 2. The van der Waals surface area contributed by atoms with Crippen LogP contribution in [0.1, 0.15) is 0 Å². The number of hydrogen-bond acceptors (Lipinski definition) is 5. The van der Waals surface area contributed by atoms with Gasteiger partial charge in [0.15, 0.2) is 0 Å². The van der Waals surface area contributed by atoms with Crippen LogP contribution in [0.15, 0.2) is 24.8 Å². The molecule has 4 rings (SSSR count). The molecular formula is C18H21Cl2N5O4S. The largest absolute Gasteiger partial charge is 0.339 e. The van der Waals surface area contributed by atoms with E-state index in [1.165, 1.54) is 18.2 Å². The second-order valence-electron chi connectivity index (χ2n) is 7.42. The Morgan fingerprint density at radius 3 is 2.37 bits per heavy atom. The molecule has 162 valence electrons. The Bertz CT molecular complexity index is 1000. The lowest BCUT2D eigenvalue weighted by molar-refractivity contribution is -0.135. The summed E-state index contributed by atoms with van der Waals surface area (Å²) in [7, 11) is -3.89. The molecule has 9 nitrogen and oxygen atoms in total. The van der Waals surface area contributed by atoms with Gasteiger partial charge in [-0.1, -0.05) is 29.8 Å². The molecule has 0 aliphatic carbocycles. The minimum atomic E-state index is -3.89. The van der Waals surface area contributed by atoms with Gasteiger partial charge in [0.2, 0.25) is 11.8 Å². The van der Waals surface area contributed by atoms with E-state index in [1.807, 2.05) is 0 Å². The van der Waals surface area contributed by atoms with Crippen LogP contribution in [0.4, 0.5) is 11.4 Å². The van der Waals surface area contributed by atoms with Gasteiger partial charge in [0.05, 0.1) is 21.4 Å². The molecule has 2 amide bonds. The maximum absolute atomic E-state index is 12.8. The third kappa shape index (κ3) is 3.84. The molecule has 1 N–H and O–H groups in total. The van der Waals surface area contributed by atoms with Gasteiger partial charge in [-0.2, -0.15) is 8.42 Å². The summed E-state index contributed by atoms with van der Waals surface area (Å²) >= 11 is 12.0. The van der Waals surface area contributed by atoms with Crippen molar-refractivity contribution in [3.63, 3.8) is 0 Å². The summed E-state index contributed by atoms with van der Waals surface area (Å²) in [6.07, 6.45) is 1.31. The van der Waals surface area contributed by atoms with Gasteiger partial charge in [-0.05, 0) is 18.2 Å². The Balaban J connectivity index is 1.35. The molecule has 0 bridgehead atoms. The molecule has 0 spiro atoms. The average molecular weight is 474 g/mol. The molecule has 30 heavy (non-hydrogen) atoms. The zero-order chi connectivity index (χ0) is 21.6. The molecule has 0 saturated carbocycles.